The molecule has 0 radical (unpaired) electrons. The first-order valence-corrected chi connectivity index (χ1v) is 5.94. The van der Waals surface area contributed by atoms with E-state index in [0.717, 1.165) is 16.8 Å². The lowest BCUT2D eigenvalue weighted by molar-refractivity contribution is 0.102. The van der Waals surface area contributed by atoms with Crippen LogP contribution in [0.3, 0.4) is 0 Å². The molecule has 0 unspecified atom stereocenters. The second-order valence-electron chi connectivity index (χ2n) is 4.13. The number of carbonyl (C=O) groups excluding carboxylic acids is 1. The number of amides is 1. The Morgan fingerprint density at radius 3 is 2.44 bits per heavy atom. The second kappa shape index (κ2) is 5.19. The van der Waals surface area contributed by atoms with Crippen LogP contribution in [0, 0.1) is 13.8 Å². The summed E-state index contributed by atoms with van der Waals surface area (Å²) in [6.07, 6.45) is 3.09. The van der Waals surface area contributed by atoms with E-state index < -0.39 is 0 Å². The summed E-state index contributed by atoms with van der Waals surface area (Å²) in [6.45, 7) is 3.80. The summed E-state index contributed by atoms with van der Waals surface area (Å²) in [5.74, 6) is -0.219. The number of nitrogens with zero attached hydrogens (tertiary/aromatic N) is 1. The van der Waals surface area contributed by atoms with Crippen LogP contribution in [0.5, 0.6) is 0 Å². The Bertz CT molecular complexity index is 559. The van der Waals surface area contributed by atoms with E-state index in [-0.39, 0.29) is 5.91 Å². The van der Waals surface area contributed by atoms with Gasteiger partial charge < -0.3 is 5.32 Å². The summed E-state index contributed by atoms with van der Waals surface area (Å²) >= 11 is 5.99. The van der Waals surface area contributed by atoms with Gasteiger partial charge in [-0.25, -0.2) is 0 Å². The van der Waals surface area contributed by atoms with Crippen molar-refractivity contribution in [3.8, 4) is 0 Å². The molecule has 0 fully saturated rings. The lowest BCUT2D eigenvalue weighted by atomic mass is 10.1. The topological polar surface area (TPSA) is 42.0 Å². The van der Waals surface area contributed by atoms with E-state index >= 15 is 0 Å². The summed E-state index contributed by atoms with van der Waals surface area (Å²) in [6, 6.07) is 7.60. The third-order valence-corrected chi connectivity index (χ3v) is 2.91. The van der Waals surface area contributed by atoms with E-state index in [1.165, 1.54) is 6.20 Å². The summed E-state index contributed by atoms with van der Waals surface area (Å²) in [5.41, 5.74) is 3.11. The van der Waals surface area contributed by atoms with Gasteiger partial charge in [-0.1, -0.05) is 29.3 Å². The van der Waals surface area contributed by atoms with Gasteiger partial charge in [0.15, 0.2) is 0 Å². The van der Waals surface area contributed by atoms with Crippen LogP contribution in [0.25, 0.3) is 0 Å². The average Bonchev–Trinajstić information content (AvgIpc) is 2.32. The van der Waals surface area contributed by atoms with Gasteiger partial charge in [0.2, 0.25) is 0 Å². The standard InChI is InChI=1S/C14H13ClN2O/c1-9-3-5-11(6-4-9)17-14(18)13-10(2)7-16-8-12(13)15/h3-8H,1-2H3,(H,17,18). The minimum absolute atomic E-state index is 0.219. The summed E-state index contributed by atoms with van der Waals surface area (Å²) < 4.78 is 0. The van der Waals surface area contributed by atoms with Crippen molar-refractivity contribution in [2.45, 2.75) is 13.8 Å². The molecule has 1 N–H and O–H groups in total. The highest BCUT2D eigenvalue weighted by Gasteiger charge is 2.13. The molecule has 92 valence electrons. The molecule has 0 saturated carbocycles. The number of halogens is 1. The molecule has 0 aliphatic rings. The van der Waals surface area contributed by atoms with Crippen molar-refractivity contribution in [1.29, 1.82) is 0 Å². The van der Waals surface area contributed by atoms with Gasteiger partial charge in [0.05, 0.1) is 10.6 Å². The maximum atomic E-state index is 12.1. The van der Waals surface area contributed by atoms with Crippen LogP contribution in [0.15, 0.2) is 36.7 Å². The van der Waals surface area contributed by atoms with Gasteiger partial charge in [0, 0.05) is 18.1 Å². The van der Waals surface area contributed by atoms with Crippen molar-refractivity contribution in [2.75, 3.05) is 5.32 Å². The molecule has 0 aliphatic carbocycles. The fourth-order valence-electron chi connectivity index (χ4n) is 1.65. The number of rotatable bonds is 2. The molecule has 2 aromatic rings. The first-order valence-electron chi connectivity index (χ1n) is 5.56. The fraction of sp³-hybridized carbons (Fsp3) is 0.143. The lowest BCUT2D eigenvalue weighted by Crippen LogP contribution is -2.14. The van der Waals surface area contributed by atoms with E-state index in [9.17, 15) is 4.79 Å². The monoisotopic (exact) mass is 260 g/mol. The Morgan fingerprint density at radius 1 is 1.17 bits per heavy atom. The quantitative estimate of drug-likeness (QED) is 0.896. The van der Waals surface area contributed by atoms with Gasteiger partial charge in [-0.3, -0.25) is 9.78 Å². The van der Waals surface area contributed by atoms with Crippen molar-refractivity contribution in [3.63, 3.8) is 0 Å². The molecule has 0 bridgehead atoms. The normalized spacial score (nSPS) is 10.2. The minimum Gasteiger partial charge on any atom is -0.322 e. The maximum absolute atomic E-state index is 12.1. The van der Waals surface area contributed by atoms with E-state index in [4.69, 9.17) is 11.6 Å². The molecule has 1 aromatic carbocycles. The predicted octanol–water partition coefficient (Wildman–Crippen LogP) is 3.60. The predicted molar refractivity (Wildman–Crippen MR) is 73.1 cm³/mol. The third-order valence-electron chi connectivity index (χ3n) is 2.63. The van der Waals surface area contributed by atoms with E-state index in [2.05, 4.69) is 10.3 Å². The van der Waals surface area contributed by atoms with Crippen molar-refractivity contribution in [3.05, 3.63) is 58.4 Å². The van der Waals surface area contributed by atoms with Crippen LogP contribution in [0.1, 0.15) is 21.5 Å². The van der Waals surface area contributed by atoms with Crippen LogP contribution in [-0.2, 0) is 0 Å². The Morgan fingerprint density at radius 2 is 1.83 bits per heavy atom. The summed E-state index contributed by atoms with van der Waals surface area (Å²) in [7, 11) is 0. The first kappa shape index (κ1) is 12.6. The minimum atomic E-state index is -0.219. The van der Waals surface area contributed by atoms with Gasteiger partial charge in [-0.2, -0.15) is 0 Å². The van der Waals surface area contributed by atoms with E-state index in [0.29, 0.717) is 10.6 Å². The van der Waals surface area contributed by atoms with Crippen LogP contribution in [0.4, 0.5) is 5.69 Å². The molecule has 0 saturated heterocycles. The number of benzene rings is 1. The molecule has 0 atom stereocenters. The van der Waals surface area contributed by atoms with E-state index in [1.807, 2.05) is 38.1 Å². The van der Waals surface area contributed by atoms with Crippen LogP contribution < -0.4 is 5.32 Å². The average molecular weight is 261 g/mol. The van der Waals surface area contributed by atoms with Crippen LogP contribution in [-0.4, -0.2) is 10.9 Å². The Kier molecular flexibility index (Phi) is 3.63. The summed E-state index contributed by atoms with van der Waals surface area (Å²) in [5, 5.41) is 3.18. The van der Waals surface area contributed by atoms with Crippen molar-refractivity contribution >= 4 is 23.2 Å². The van der Waals surface area contributed by atoms with Crippen LogP contribution in [0.2, 0.25) is 5.02 Å². The van der Waals surface area contributed by atoms with Gasteiger partial charge >= 0.3 is 0 Å². The van der Waals surface area contributed by atoms with Gasteiger partial charge in [0.1, 0.15) is 0 Å². The maximum Gasteiger partial charge on any atom is 0.257 e. The number of hydrogen-bond donors (Lipinski definition) is 1. The number of hydrogen-bond acceptors (Lipinski definition) is 2. The second-order valence-corrected chi connectivity index (χ2v) is 4.54. The van der Waals surface area contributed by atoms with Crippen molar-refractivity contribution < 1.29 is 4.79 Å². The third kappa shape index (κ3) is 2.68. The highest BCUT2D eigenvalue weighted by atomic mass is 35.5. The zero-order chi connectivity index (χ0) is 13.1. The van der Waals surface area contributed by atoms with Crippen molar-refractivity contribution in [2.24, 2.45) is 0 Å². The molecular weight excluding hydrogens is 248 g/mol. The highest BCUT2D eigenvalue weighted by Crippen LogP contribution is 2.19. The van der Waals surface area contributed by atoms with Crippen molar-refractivity contribution in [1.82, 2.24) is 4.98 Å². The number of anilines is 1. The van der Waals surface area contributed by atoms with Crippen LogP contribution >= 0.6 is 11.6 Å². The molecular formula is C14H13ClN2O. The molecule has 3 nitrogen and oxygen atoms in total. The largest absolute Gasteiger partial charge is 0.322 e. The Hall–Kier alpha value is -1.87. The molecule has 18 heavy (non-hydrogen) atoms. The Balaban J connectivity index is 2.25. The first-order chi connectivity index (χ1) is 8.58. The number of aryl methyl sites for hydroxylation is 2. The molecule has 2 rings (SSSR count). The van der Waals surface area contributed by atoms with Gasteiger partial charge in [0.25, 0.3) is 5.91 Å². The molecule has 0 aliphatic heterocycles. The van der Waals surface area contributed by atoms with E-state index in [1.54, 1.807) is 6.20 Å². The molecule has 0 spiro atoms. The SMILES string of the molecule is Cc1ccc(NC(=O)c2c(C)cncc2Cl)cc1. The molecule has 4 heteroatoms. The zero-order valence-electron chi connectivity index (χ0n) is 10.2. The Labute approximate surface area is 111 Å². The van der Waals surface area contributed by atoms with Gasteiger partial charge in [-0.05, 0) is 31.5 Å². The molecule has 1 amide bonds. The lowest BCUT2D eigenvalue weighted by Gasteiger charge is -2.09. The molecule has 1 heterocycles. The number of nitrogens with one attached hydrogen (secondary N) is 1. The number of carbonyl (C=O) groups is 1. The highest BCUT2D eigenvalue weighted by molar-refractivity contribution is 6.34. The fourth-order valence-corrected chi connectivity index (χ4v) is 1.94. The zero-order valence-corrected chi connectivity index (χ0v) is 11.0. The number of pyridine rings is 1. The molecule has 1 aromatic heterocycles. The smallest absolute Gasteiger partial charge is 0.257 e. The van der Waals surface area contributed by atoms with Gasteiger partial charge in [-0.15, -0.1) is 0 Å². The number of aromatic nitrogens is 1. The summed E-state index contributed by atoms with van der Waals surface area (Å²) in [4.78, 5) is 16.1.